The predicted octanol–water partition coefficient (Wildman–Crippen LogP) is 4.96. The molecule has 238 valence electrons. The fraction of sp³-hybridized carbons (Fsp3) is 0.212. The molecule has 2 aromatic heterocycles. The molecule has 0 aliphatic rings. The Labute approximate surface area is 266 Å². The van der Waals surface area contributed by atoms with E-state index in [1.165, 1.54) is 42.3 Å². The molecule has 2 amide bonds. The van der Waals surface area contributed by atoms with Gasteiger partial charge in [-0.1, -0.05) is 24.3 Å². The summed E-state index contributed by atoms with van der Waals surface area (Å²) in [6.45, 7) is 2.16. The van der Waals surface area contributed by atoms with E-state index in [2.05, 4.69) is 20.7 Å². The van der Waals surface area contributed by atoms with E-state index >= 15 is 0 Å². The molecular weight excluding hydrogens is 611 g/mol. The lowest BCUT2D eigenvalue weighted by molar-refractivity contribution is -0.118. The lowest BCUT2D eigenvalue weighted by Gasteiger charge is -2.22. The van der Waals surface area contributed by atoms with Gasteiger partial charge >= 0.3 is 0 Å². The number of carbonyl (C=O) groups excluding carboxylic acids is 2. The van der Waals surface area contributed by atoms with Crippen LogP contribution in [0.15, 0.2) is 90.0 Å². The summed E-state index contributed by atoms with van der Waals surface area (Å²) in [6.07, 6.45) is 2.99. The number of ether oxygens (including phenoxy) is 1. The molecule has 0 unspecified atom stereocenters. The van der Waals surface area contributed by atoms with E-state index in [9.17, 15) is 22.4 Å². The molecule has 3 aromatic carbocycles. The van der Waals surface area contributed by atoms with E-state index in [-0.39, 0.29) is 40.6 Å². The quantitative estimate of drug-likeness (QED) is 0.206. The number of amides is 2. The Bertz CT molecular complexity index is 2000. The van der Waals surface area contributed by atoms with Crippen LogP contribution in [0.1, 0.15) is 24.8 Å². The Balaban J connectivity index is 1.41. The normalized spacial score (nSPS) is 12.1. The molecule has 0 spiro atoms. The zero-order valence-electron chi connectivity index (χ0n) is 25.7. The van der Waals surface area contributed by atoms with Crippen LogP contribution < -0.4 is 20.3 Å². The van der Waals surface area contributed by atoms with Crippen LogP contribution >= 0.6 is 0 Å². The number of halogens is 1. The summed E-state index contributed by atoms with van der Waals surface area (Å²) in [4.78, 5) is 32.2. The van der Waals surface area contributed by atoms with Gasteiger partial charge in [0.2, 0.25) is 11.8 Å². The molecule has 2 N–H and O–H groups in total. The van der Waals surface area contributed by atoms with Crippen LogP contribution in [0.25, 0.3) is 16.8 Å². The van der Waals surface area contributed by atoms with Crippen molar-refractivity contribution in [2.24, 2.45) is 0 Å². The van der Waals surface area contributed by atoms with Gasteiger partial charge in [-0.15, -0.1) is 5.10 Å². The molecule has 13 heteroatoms. The number of carbonyl (C=O) groups is 2. The Hall–Kier alpha value is -5.14. The van der Waals surface area contributed by atoms with Crippen LogP contribution in [0, 0.1) is 5.82 Å². The van der Waals surface area contributed by atoms with Gasteiger partial charge in [-0.05, 0) is 73.6 Å². The third kappa shape index (κ3) is 7.05. The van der Waals surface area contributed by atoms with Crippen LogP contribution in [-0.2, 0) is 19.4 Å². The van der Waals surface area contributed by atoms with Gasteiger partial charge in [-0.3, -0.25) is 9.59 Å². The van der Waals surface area contributed by atoms with E-state index in [0.717, 1.165) is 17.4 Å². The standard InChI is InChI=1S/C33H33FN6O5S/c1-21(22-5-10-25(34)11-6-22)32(42)36-26-12-7-23(8-13-26)24-9-16-30-37-33(38-39(30)20-24)40(31(41)17-18-35-2)28-15-14-27(46(4,43)44)19-29(28)45-3/h5-16,19-21,35H,17-18H2,1-4H3,(H,36,42)/t21-/m1/s1. The second kappa shape index (κ2) is 13.5. The first-order chi connectivity index (χ1) is 22.0. The molecule has 0 aliphatic carbocycles. The van der Waals surface area contributed by atoms with Gasteiger partial charge < -0.3 is 15.4 Å². The van der Waals surface area contributed by atoms with E-state index in [1.807, 2.05) is 18.2 Å². The third-order valence-electron chi connectivity index (χ3n) is 7.43. The zero-order chi connectivity index (χ0) is 33.0. The van der Waals surface area contributed by atoms with E-state index in [4.69, 9.17) is 4.74 Å². The van der Waals surface area contributed by atoms with E-state index < -0.39 is 15.8 Å². The Morgan fingerprint density at radius 1 is 1.00 bits per heavy atom. The summed E-state index contributed by atoms with van der Waals surface area (Å²) in [5.41, 5.74) is 3.77. The van der Waals surface area contributed by atoms with Crippen LogP contribution in [0.4, 0.5) is 21.7 Å². The Morgan fingerprint density at radius 3 is 2.35 bits per heavy atom. The number of fused-ring (bicyclic) bond motifs is 1. The van der Waals surface area contributed by atoms with Gasteiger partial charge in [0.25, 0.3) is 5.95 Å². The van der Waals surface area contributed by atoms with Crippen molar-refractivity contribution in [3.63, 3.8) is 0 Å². The Kier molecular flexibility index (Phi) is 9.44. The maximum Gasteiger partial charge on any atom is 0.257 e. The monoisotopic (exact) mass is 644 g/mol. The number of nitrogens with one attached hydrogen (secondary N) is 2. The summed E-state index contributed by atoms with van der Waals surface area (Å²) < 4.78 is 44.6. The van der Waals surface area contributed by atoms with Crippen LogP contribution in [0.5, 0.6) is 5.75 Å². The number of rotatable bonds is 11. The number of anilines is 3. The minimum atomic E-state index is -3.52. The summed E-state index contributed by atoms with van der Waals surface area (Å²) >= 11 is 0. The van der Waals surface area contributed by atoms with Gasteiger partial charge in [0.05, 0.1) is 23.6 Å². The molecule has 0 bridgehead atoms. The largest absolute Gasteiger partial charge is 0.495 e. The fourth-order valence-corrected chi connectivity index (χ4v) is 5.44. The molecule has 5 aromatic rings. The van der Waals surface area contributed by atoms with Crippen molar-refractivity contribution in [1.82, 2.24) is 19.9 Å². The first-order valence-corrected chi connectivity index (χ1v) is 16.3. The van der Waals surface area contributed by atoms with Gasteiger partial charge in [0.1, 0.15) is 11.6 Å². The predicted molar refractivity (Wildman–Crippen MR) is 174 cm³/mol. The smallest absolute Gasteiger partial charge is 0.257 e. The van der Waals surface area contributed by atoms with Crippen molar-refractivity contribution in [3.8, 4) is 16.9 Å². The number of methoxy groups -OCH3 is 1. The van der Waals surface area contributed by atoms with Gasteiger partial charge in [0, 0.05) is 42.7 Å². The van der Waals surface area contributed by atoms with Crippen LogP contribution in [-0.4, -0.2) is 61.8 Å². The van der Waals surface area contributed by atoms with Crippen molar-refractivity contribution in [3.05, 3.63) is 96.4 Å². The maximum absolute atomic E-state index is 13.4. The number of hydrogen-bond acceptors (Lipinski definition) is 8. The summed E-state index contributed by atoms with van der Waals surface area (Å²) in [5.74, 6) is -1.08. The third-order valence-corrected chi connectivity index (χ3v) is 8.54. The lowest BCUT2D eigenvalue weighted by atomic mass is 10.00. The highest BCUT2D eigenvalue weighted by molar-refractivity contribution is 7.90. The molecule has 0 saturated carbocycles. The molecule has 0 aliphatic heterocycles. The van der Waals surface area contributed by atoms with Gasteiger partial charge in [0.15, 0.2) is 15.5 Å². The number of hydrogen-bond donors (Lipinski definition) is 2. The highest BCUT2D eigenvalue weighted by Gasteiger charge is 2.26. The summed E-state index contributed by atoms with van der Waals surface area (Å²) in [6, 6.07) is 21.1. The van der Waals surface area contributed by atoms with Crippen molar-refractivity contribution in [2.75, 3.05) is 37.2 Å². The lowest BCUT2D eigenvalue weighted by Crippen LogP contribution is -2.30. The molecule has 46 heavy (non-hydrogen) atoms. The van der Waals surface area contributed by atoms with Gasteiger partial charge in [-0.25, -0.2) is 22.2 Å². The first kappa shape index (κ1) is 32.3. The second-order valence-corrected chi connectivity index (χ2v) is 12.7. The topological polar surface area (TPSA) is 135 Å². The number of pyridine rings is 1. The number of sulfone groups is 1. The molecule has 5 rings (SSSR count). The zero-order valence-corrected chi connectivity index (χ0v) is 26.5. The van der Waals surface area contributed by atoms with Crippen LogP contribution in [0.2, 0.25) is 0 Å². The second-order valence-electron chi connectivity index (χ2n) is 10.7. The minimum Gasteiger partial charge on any atom is -0.495 e. The maximum atomic E-state index is 13.4. The van der Waals surface area contributed by atoms with Crippen molar-refractivity contribution < 1.29 is 27.1 Å². The Morgan fingerprint density at radius 2 is 1.70 bits per heavy atom. The van der Waals surface area contributed by atoms with Crippen LogP contribution in [0.3, 0.4) is 0 Å². The fourth-order valence-electron chi connectivity index (χ4n) is 4.81. The molecule has 0 fully saturated rings. The molecule has 2 heterocycles. The first-order valence-electron chi connectivity index (χ1n) is 14.4. The number of nitrogens with zero attached hydrogens (tertiary/aromatic N) is 4. The minimum absolute atomic E-state index is 0.0521. The average molecular weight is 645 g/mol. The van der Waals surface area contributed by atoms with Crippen molar-refractivity contribution in [1.29, 1.82) is 0 Å². The summed E-state index contributed by atoms with van der Waals surface area (Å²) in [7, 11) is -0.384. The molecule has 0 saturated heterocycles. The molecule has 11 nitrogen and oxygen atoms in total. The van der Waals surface area contributed by atoms with E-state index in [0.29, 0.717) is 29.1 Å². The SMILES string of the molecule is CNCCC(=O)N(c1nc2ccc(-c3ccc(NC(=O)[C@H](C)c4ccc(F)cc4)cc3)cn2n1)c1ccc(S(C)(=O)=O)cc1OC. The summed E-state index contributed by atoms with van der Waals surface area (Å²) in [5, 5.41) is 10.4. The van der Waals surface area contributed by atoms with Gasteiger partial charge in [-0.2, -0.15) is 4.98 Å². The van der Waals surface area contributed by atoms with Crippen molar-refractivity contribution >= 4 is 44.6 Å². The molecular formula is C33H33FN6O5S. The highest BCUT2D eigenvalue weighted by Crippen LogP contribution is 2.35. The molecule has 1 atom stereocenters. The molecule has 0 radical (unpaired) electrons. The van der Waals surface area contributed by atoms with Crippen molar-refractivity contribution in [2.45, 2.75) is 24.2 Å². The number of aromatic nitrogens is 3. The number of benzene rings is 3. The highest BCUT2D eigenvalue weighted by atomic mass is 32.2. The van der Waals surface area contributed by atoms with E-state index in [1.54, 1.807) is 55.0 Å². The average Bonchev–Trinajstić information content (AvgIpc) is 3.46.